The van der Waals surface area contributed by atoms with Gasteiger partial charge in [-0.1, -0.05) is 11.8 Å². The molecule has 0 amide bonds. The first-order valence-corrected chi connectivity index (χ1v) is 4.99. The Kier molecular flexibility index (Phi) is 4.37. The number of aromatic hydroxyl groups is 2. The summed E-state index contributed by atoms with van der Waals surface area (Å²) in [6.45, 7) is 0.696. The highest BCUT2D eigenvalue weighted by molar-refractivity contribution is 5.89. The maximum absolute atomic E-state index is 10.6. The molecule has 17 heavy (non-hydrogen) atoms. The lowest BCUT2D eigenvalue weighted by Crippen LogP contribution is -2.05. The summed E-state index contributed by atoms with van der Waals surface area (Å²) < 4.78 is 0. The smallest absolute Gasteiger partial charge is 0.335 e. The number of benzene rings is 1. The van der Waals surface area contributed by atoms with Crippen LogP contribution < -0.4 is 5.32 Å². The van der Waals surface area contributed by atoms with E-state index in [-0.39, 0.29) is 22.6 Å². The van der Waals surface area contributed by atoms with Crippen LogP contribution in [-0.2, 0) is 0 Å². The molecular weight excluding hydrogens is 222 g/mol. The van der Waals surface area contributed by atoms with Gasteiger partial charge in [-0.05, 0) is 19.2 Å². The van der Waals surface area contributed by atoms with Crippen molar-refractivity contribution in [1.29, 1.82) is 0 Å². The predicted octanol–water partition coefficient (Wildman–Crippen LogP) is 0.757. The van der Waals surface area contributed by atoms with Crippen molar-refractivity contribution in [2.45, 2.75) is 6.42 Å². The quantitative estimate of drug-likeness (QED) is 0.458. The van der Waals surface area contributed by atoms with Crippen LogP contribution in [0.15, 0.2) is 12.1 Å². The van der Waals surface area contributed by atoms with Crippen LogP contribution in [0.5, 0.6) is 11.5 Å². The molecule has 0 heterocycles. The Hall–Kier alpha value is -2.19. The number of nitrogens with one attached hydrogen (secondary N) is 1. The van der Waals surface area contributed by atoms with E-state index < -0.39 is 5.97 Å². The molecule has 1 aromatic rings. The van der Waals surface area contributed by atoms with E-state index >= 15 is 0 Å². The van der Waals surface area contributed by atoms with Crippen LogP contribution >= 0.6 is 0 Å². The first-order valence-electron chi connectivity index (χ1n) is 4.99. The summed E-state index contributed by atoms with van der Waals surface area (Å²) >= 11 is 0. The average molecular weight is 235 g/mol. The molecule has 0 radical (unpaired) electrons. The third kappa shape index (κ3) is 3.40. The minimum absolute atomic E-state index is 0.0473. The fraction of sp³-hybridized carbons (Fsp3) is 0.250. The SMILES string of the molecule is CNCCC#Cc1c(O)cc(C(=O)O)cc1O. The van der Waals surface area contributed by atoms with E-state index in [1.165, 1.54) is 0 Å². The molecule has 0 fully saturated rings. The molecular formula is C12H13NO4. The van der Waals surface area contributed by atoms with E-state index in [0.29, 0.717) is 13.0 Å². The van der Waals surface area contributed by atoms with E-state index in [1.54, 1.807) is 7.05 Å². The van der Waals surface area contributed by atoms with E-state index in [1.807, 2.05) is 0 Å². The Morgan fingerprint density at radius 3 is 2.41 bits per heavy atom. The van der Waals surface area contributed by atoms with E-state index in [2.05, 4.69) is 17.2 Å². The van der Waals surface area contributed by atoms with Crippen molar-refractivity contribution in [3.8, 4) is 23.3 Å². The minimum Gasteiger partial charge on any atom is -0.506 e. The van der Waals surface area contributed by atoms with Crippen molar-refractivity contribution >= 4 is 5.97 Å². The molecule has 1 aromatic carbocycles. The molecule has 0 spiro atoms. The van der Waals surface area contributed by atoms with Gasteiger partial charge < -0.3 is 20.6 Å². The first kappa shape index (κ1) is 12.9. The second-order valence-corrected chi connectivity index (χ2v) is 3.35. The number of hydrogen-bond donors (Lipinski definition) is 4. The number of carboxylic acid groups (broad SMARTS) is 1. The summed E-state index contributed by atoms with van der Waals surface area (Å²) in [6.07, 6.45) is 0.566. The Balaban J connectivity index is 3.00. The summed E-state index contributed by atoms with van der Waals surface area (Å²) in [6, 6.07) is 2.12. The number of hydrogen-bond acceptors (Lipinski definition) is 4. The molecule has 0 atom stereocenters. The molecule has 5 heteroatoms. The molecule has 0 unspecified atom stereocenters. The van der Waals surface area contributed by atoms with Gasteiger partial charge in [0.25, 0.3) is 0 Å². The number of rotatable bonds is 3. The van der Waals surface area contributed by atoms with Gasteiger partial charge in [0.2, 0.25) is 0 Å². The molecule has 0 aliphatic heterocycles. The Morgan fingerprint density at radius 2 is 1.94 bits per heavy atom. The zero-order chi connectivity index (χ0) is 12.8. The third-order valence-electron chi connectivity index (χ3n) is 2.06. The second kappa shape index (κ2) is 5.77. The molecule has 4 N–H and O–H groups in total. The van der Waals surface area contributed by atoms with E-state index in [0.717, 1.165) is 12.1 Å². The fourth-order valence-electron chi connectivity index (χ4n) is 1.20. The van der Waals surface area contributed by atoms with Crippen molar-refractivity contribution in [2.24, 2.45) is 0 Å². The summed E-state index contributed by atoms with van der Waals surface area (Å²) in [4.78, 5) is 10.6. The summed E-state index contributed by atoms with van der Waals surface area (Å²) in [7, 11) is 1.79. The van der Waals surface area contributed by atoms with Gasteiger partial charge in [-0.2, -0.15) is 0 Å². The maximum atomic E-state index is 10.6. The van der Waals surface area contributed by atoms with Crippen LogP contribution in [0.2, 0.25) is 0 Å². The van der Waals surface area contributed by atoms with Gasteiger partial charge in [0.05, 0.1) is 5.56 Å². The highest BCUT2D eigenvalue weighted by atomic mass is 16.4. The van der Waals surface area contributed by atoms with Crippen LogP contribution in [0.4, 0.5) is 0 Å². The fourth-order valence-corrected chi connectivity index (χ4v) is 1.20. The number of carboxylic acids is 1. The number of carbonyl (C=O) groups is 1. The number of phenols is 2. The highest BCUT2D eigenvalue weighted by Gasteiger charge is 2.11. The topological polar surface area (TPSA) is 89.8 Å². The van der Waals surface area contributed by atoms with Gasteiger partial charge in [-0.3, -0.25) is 0 Å². The van der Waals surface area contributed by atoms with Crippen LogP contribution in [0.1, 0.15) is 22.3 Å². The molecule has 0 aromatic heterocycles. The normalized spacial score (nSPS) is 9.47. The van der Waals surface area contributed by atoms with Gasteiger partial charge in [0.15, 0.2) is 0 Å². The van der Waals surface area contributed by atoms with Crippen LogP contribution in [-0.4, -0.2) is 34.9 Å². The standard InChI is InChI=1S/C12H13NO4/c1-13-5-3-2-4-9-10(14)6-8(12(16)17)7-11(9)15/h6-7,13-15H,3,5H2,1H3,(H,16,17). The zero-order valence-electron chi connectivity index (χ0n) is 9.32. The lowest BCUT2D eigenvalue weighted by atomic mass is 10.1. The van der Waals surface area contributed by atoms with Crippen molar-refractivity contribution < 1.29 is 20.1 Å². The molecule has 1 rings (SSSR count). The highest BCUT2D eigenvalue weighted by Crippen LogP contribution is 2.27. The third-order valence-corrected chi connectivity index (χ3v) is 2.06. The van der Waals surface area contributed by atoms with E-state index in [9.17, 15) is 15.0 Å². The van der Waals surface area contributed by atoms with E-state index in [4.69, 9.17) is 5.11 Å². The van der Waals surface area contributed by atoms with Crippen molar-refractivity contribution in [3.63, 3.8) is 0 Å². The molecule has 0 saturated heterocycles. The average Bonchev–Trinajstić information content (AvgIpc) is 2.26. The van der Waals surface area contributed by atoms with Gasteiger partial charge in [0, 0.05) is 13.0 Å². The number of aromatic carboxylic acids is 1. The van der Waals surface area contributed by atoms with Crippen LogP contribution in [0, 0.1) is 11.8 Å². The van der Waals surface area contributed by atoms with Crippen LogP contribution in [0.25, 0.3) is 0 Å². The molecule has 0 saturated carbocycles. The predicted molar refractivity (Wildman–Crippen MR) is 62.2 cm³/mol. The van der Waals surface area contributed by atoms with Gasteiger partial charge >= 0.3 is 5.97 Å². The second-order valence-electron chi connectivity index (χ2n) is 3.35. The molecule has 0 aliphatic rings. The number of phenolic OH excluding ortho intramolecular Hbond substituents is 2. The molecule has 0 aliphatic carbocycles. The van der Waals surface area contributed by atoms with Gasteiger partial charge in [-0.25, -0.2) is 4.79 Å². The zero-order valence-corrected chi connectivity index (χ0v) is 9.32. The van der Waals surface area contributed by atoms with Crippen molar-refractivity contribution in [1.82, 2.24) is 5.32 Å². The lowest BCUT2D eigenvalue weighted by molar-refractivity contribution is 0.0696. The molecule has 90 valence electrons. The summed E-state index contributed by atoms with van der Waals surface area (Å²) in [5.74, 6) is 3.47. The van der Waals surface area contributed by atoms with Gasteiger partial charge in [-0.15, -0.1) is 0 Å². The Labute approximate surface area is 98.7 Å². The Bertz CT molecular complexity index is 462. The molecule has 5 nitrogen and oxygen atoms in total. The lowest BCUT2D eigenvalue weighted by Gasteiger charge is -2.02. The van der Waals surface area contributed by atoms with Crippen LogP contribution in [0.3, 0.4) is 0 Å². The summed E-state index contributed by atoms with van der Waals surface area (Å²) in [5, 5.41) is 30.7. The first-order chi connectivity index (χ1) is 8.06. The molecule has 0 bridgehead atoms. The van der Waals surface area contributed by atoms with Crippen molar-refractivity contribution in [3.05, 3.63) is 23.3 Å². The van der Waals surface area contributed by atoms with Gasteiger partial charge in [0.1, 0.15) is 17.1 Å². The largest absolute Gasteiger partial charge is 0.506 e. The minimum atomic E-state index is -1.22. The monoisotopic (exact) mass is 235 g/mol. The summed E-state index contributed by atoms with van der Waals surface area (Å²) in [5.41, 5.74) is -0.133. The van der Waals surface area contributed by atoms with Crippen molar-refractivity contribution in [2.75, 3.05) is 13.6 Å². The Morgan fingerprint density at radius 1 is 1.35 bits per heavy atom. The maximum Gasteiger partial charge on any atom is 0.335 e.